The second-order valence-electron chi connectivity index (χ2n) is 7.56. The van der Waals surface area contributed by atoms with Crippen molar-refractivity contribution in [1.82, 2.24) is 0 Å². The van der Waals surface area contributed by atoms with E-state index in [0.717, 1.165) is 23.4 Å². The number of carbonyl (C=O) groups is 1. The van der Waals surface area contributed by atoms with Crippen LogP contribution in [-0.2, 0) is 11.3 Å². The molecule has 1 aliphatic carbocycles. The second kappa shape index (κ2) is 9.59. The van der Waals surface area contributed by atoms with Crippen molar-refractivity contribution < 1.29 is 4.79 Å². The van der Waals surface area contributed by atoms with Crippen molar-refractivity contribution in [2.24, 2.45) is 10.9 Å². The van der Waals surface area contributed by atoms with Crippen LogP contribution < -0.4 is 5.32 Å². The standard InChI is InChI=1S/C26H24N2OS/c29-24-17-21(20-12-6-2-7-13-20)16-23(27-18-19-10-4-1-5-11-19)25(24)26(30)28-22-14-8-3-9-15-22/h1-15,21,25H,16-18H2,(H,28,30)/t21-,25?/m0/s1. The van der Waals surface area contributed by atoms with Crippen LogP contribution in [0.2, 0.25) is 0 Å². The van der Waals surface area contributed by atoms with Gasteiger partial charge < -0.3 is 5.32 Å². The van der Waals surface area contributed by atoms with Crippen molar-refractivity contribution in [2.75, 3.05) is 5.32 Å². The number of hydrogen-bond donors (Lipinski definition) is 1. The first kappa shape index (κ1) is 20.2. The highest BCUT2D eigenvalue weighted by molar-refractivity contribution is 7.80. The number of anilines is 1. The Labute approximate surface area is 182 Å². The van der Waals surface area contributed by atoms with Gasteiger partial charge in [0.1, 0.15) is 11.7 Å². The maximum absolute atomic E-state index is 13.2. The smallest absolute Gasteiger partial charge is 0.148 e. The molecule has 2 atom stereocenters. The molecule has 3 aromatic rings. The molecule has 0 heterocycles. The summed E-state index contributed by atoms with van der Waals surface area (Å²) < 4.78 is 0. The van der Waals surface area contributed by atoms with Crippen LogP contribution in [-0.4, -0.2) is 16.5 Å². The minimum Gasteiger partial charge on any atom is -0.349 e. The number of hydrogen-bond acceptors (Lipinski definition) is 3. The Balaban J connectivity index is 1.61. The lowest BCUT2D eigenvalue weighted by atomic mass is 9.76. The summed E-state index contributed by atoms with van der Waals surface area (Å²) in [6.07, 6.45) is 1.22. The monoisotopic (exact) mass is 412 g/mol. The van der Waals surface area contributed by atoms with Crippen LogP contribution in [0.25, 0.3) is 0 Å². The molecule has 1 fully saturated rings. The van der Waals surface area contributed by atoms with Crippen LogP contribution in [0, 0.1) is 5.92 Å². The molecule has 0 saturated heterocycles. The number of thiocarbonyl (C=S) groups is 1. The van der Waals surface area contributed by atoms with Gasteiger partial charge in [-0.2, -0.15) is 0 Å². The van der Waals surface area contributed by atoms with E-state index in [0.29, 0.717) is 18.0 Å². The fraction of sp³-hybridized carbons (Fsp3) is 0.192. The molecule has 4 rings (SSSR count). The van der Waals surface area contributed by atoms with E-state index in [1.165, 1.54) is 5.56 Å². The first-order valence-electron chi connectivity index (χ1n) is 10.2. The van der Waals surface area contributed by atoms with Gasteiger partial charge >= 0.3 is 0 Å². The van der Waals surface area contributed by atoms with Gasteiger partial charge in [-0.15, -0.1) is 0 Å². The van der Waals surface area contributed by atoms with E-state index in [1.54, 1.807) is 0 Å². The summed E-state index contributed by atoms with van der Waals surface area (Å²) in [5.74, 6) is -0.191. The minimum absolute atomic E-state index is 0.135. The number of ketones is 1. The highest BCUT2D eigenvalue weighted by Gasteiger charge is 2.37. The third-order valence-electron chi connectivity index (χ3n) is 5.44. The molecule has 0 radical (unpaired) electrons. The Morgan fingerprint density at radius 1 is 0.867 bits per heavy atom. The Kier molecular flexibility index (Phi) is 6.45. The third-order valence-corrected chi connectivity index (χ3v) is 5.78. The Morgan fingerprint density at radius 3 is 2.13 bits per heavy atom. The number of nitrogens with zero attached hydrogens (tertiary/aromatic N) is 1. The van der Waals surface area contributed by atoms with E-state index in [-0.39, 0.29) is 11.7 Å². The quantitative estimate of drug-likeness (QED) is 0.536. The molecule has 0 bridgehead atoms. The summed E-state index contributed by atoms with van der Waals surface area (Å²) in [5, 5.41) is 3.25. The number of aliphatic imine (C=N–C) groups is 1. The molecule has 1 aliphatic rings. The van der Waals surface area contributed by atoms with Gasteiger partial charge in [0.05, 0.1) is 11.5 Å². The van der Waals surface area contributed by atoms with E-state index in [1.807, 2.05) is 66.7 Å². The van der Waals surface area contributed by atoms with Crippen LogP contribution in [0.1, 0.15) is 29.9 Å². The predicted octanol–water partition coefficient (Wildman–Crippen LogP) is 5.83. The van der Waals surface area contributed by atoms with E-state index < -0.39 is 5.92 Å². The van der Waals surface area contributed by atoms with Crippen LogP contribution >= 0.6 is 12.2 Å². The summed E-state index contributed by atoms with van der Waals surface area (Å²) in [6.45, 7) is 0.551. The van der Waals surface area contributed by atoms with Crippen LogP contribution in [0.15, 0.2) is 96.0 Å². The molecule has 1 saturated carbocycles. The van der Waals surface area contributed by atoms with Gasteiger partial charge in [0.15, 0.2) is 0 Å². The fourth-order valence-corrected chi connectivity index (χ4v) is 4.30. The van der Waals surface area contributed by atoms with Crippen molar-refractivity contribution in [2.45, 2.75) is 25.3 Å². The molecule has 3 aromatic carbocycles. The molecule has 0 aromatic heterocycles. The van der Waals surface area contributed by atoms with Crippen molar-refractivity contribution in [1.29, 1.82) is 0 Å². The van der Waals surface area contributed by atoms with Crippen molar-refractivity contribution in [3.63, 3.8) is 0 Å². The number of Topliss-reactive ketones (excluding diaryl/α,β-unsaturated/α-hetero) is 1. The number of carbonyl (C=O) groups excluding carboxylic acids is 1. The van der Waals surface area contributed by atoms with Gasteiger partial charge in [-0.3, -0.25) is 9.79 Å². The third kappa shape index (κ3) is 4.89. The number of nitrogens with one attached hydrogen (secondary N) is 1. The highest BCUT2D eigenvalue weighted by atomic mass is 32.1. The summed E-state index contributed by atoms with van der Waals surface area (Å²) in [6, 6.07) is 30.1. The first-order chi connectivity index (χ1) is 14.7. The van der Waals surface area contributed by atoms with Crippen LogP contribution in [0.4, 0.5) is 5.69 Å². The van der Waals surface area contributed by atoms with E-state index in [9.17, 15) is 4.79 Å². The summed E-state index contributed by atoms with van der Waals surface area (Å²) >= 11 is 5.68. The van der Waals surface area contributed by atoms with Gasteiger partial charge in [0, 0.05) is 17.8 Å². The second-order valence-corrected chi connectivity index (χ2v) is 8.00. The summed E-state index contributed by atoms with van der Waals surface area (Å²) in [5.41, 5.74) is 4.07. The molecular weight excluding hydrogens is 388 g/mol. The van der Waals surface area contributed by atoms with Gasteiger partial charge in [0.2, 0.25) is 0 Å². The van der Waals surface area contributed by atoms with Gasteiger partial charge in [-0.05, 0) is 35.6 Å². The SMILES string of the molecule is O=C1C[C@@H](c2ccccc2)CC(=NCc2ccccc2)C1C(=S)Nc1ccccc1. The Bertz CT molecular complexity index is 1030. The van der Waals surface area contributed by atoms with Crippen LogP contribution in [0.3, 0.4) is 0 Å². The van der Waals surface area contributed by atoms with Gasteiger partial charge in [-0.1, -0.05) is 91.1 Å². The molecular formula is C26H24N2OS. The largest absolute Gasteiger partial charge is 0.349 e. The maximum atomic E-state index is 13.2. The molecule has 0 amide bonds. The average Bonchev–Trinajstić information content (AvgIpc) is 2.79. The normalized spacial score (nSPS) is 20.1. The van der Waals surface area contributed by atoms with Gasteiger partial charge in [0.25, 0.3) is 0 Å². The molecule has 1 N–H and O–H groups in total. The van der Waals surface area contributed by atoms with E-state index in [4.69, 9.17) is 17.2 Å². The zero-order valence-electron chi connectivity index (χ0n) is 16.7. The lowest BCUT2D eigenvalue weighted by Gasteiger charge is -2.30. The summed E-state index contributed by atoms with van der Waals surface area (Å²) in [4.78, 5) is 18.6. The minimum atomic E-state index is -0.469. The topological polar surface area (TPSA) is 41.5 Å². The predicted molar refractivity (Wildman–Crippen MR) is 127 cm³/mol. The van der Waals surface area contributed by atoms with Crippen molar-refractivity contribution in [3.8, 4) is 0 Å². The molecule has 3 nitrogen and oxygen atoms in total. The number of benzene rings is 3. The average molecular weight is 413 g/mol. The highest BCUT2D eigenvalue weighted by Crippen LogP contribution is 2.33. The molecule has 4 heteroatoms. The first-order valence-corrected chi connectivity index (χ1v) is 10.6. The number of rotatable bonds is 5. The van der Waals surface area contributed by atoms with Gasteiger partial charge in [-0.25, -0.2) is 0 Å². The fourth-order valence-electron chi connectivity index (χ4n) is 3.92. The van der Waals surface area contributed by atoms with Crippen molar-refractivity contribution >= 4 is 34.4 Å². The zero-order chi connectivity index (χ0) is 20.8. The molecule has 1 unspecified atom stereocenters. The van der Waals surface area contributed by atoms with E-state index >= 15 is 0 Å². The molecule has 0 aliphatic heterocycles. The molecule has 150 valence electrons. The number of para-hydroxylation sites is 1. The van der Waals surface area contributed by atoms with Crippen LogP contribution in [0.5, 0.6) is 0 Å². The Morgan fingerprint density at radius 2 is 1.47 bits per heavy atom. The summed E-state index contributed by atoms with van der Waals surface area (Å²) in [7, 11) is 0. The lowest BCUT2D eigenvalue weighted by Crippen LogP contribution is -2.40. The van der Waals surface area contributed by atoms with Crippen molar-refractivity contribution in [3.05, 3.63) is 102 Å². The molecule has 30 heavy (non-hydrogen) atoms. The molecule has 0 spiro atoms. The van der Waals surface area contributed by atoms with E-state index in [2.05, 4.69) is 29.6 Å². The zero-order valence-corrected chi connectivity index (χ0v) is 17.5. The maximum Gasteiger partial charge on any atom is 0.148 e. The Hall–Kier alpha value is -3.11. The lowest BCUT2D eigenvalue weighted by molar-refractivity contribution is -0.120.